The van der Waals surface area contributed by atoms with Gasteiger partial charge in [-0.15, -0.1) is 0 Å². The van der Waals surface area contributed by atoms with Gasteiger partial charge in [0.05, 0.1) is 17.6 Å². The van der Waals surface area contributed by atoms with E-state index in [1.165, 1.54) is 17.0 Å². The molecule has 0 aliphatic rings. The molecule has 0 aliphatic heterocycles. The highest BCUT2D eigenvalue weighted by molar-refractivity contribution is 6.32. The van der Waals surface area contributed by atoms with Gasteiger partial charge in [-0.3, -0.25) is 14.9 Å². The Morgan fingerprint density at radius 1 is 1.06 bits per heavy atom. The second-order valence-corrected chi connectivity index (χ2v) is 7.20. The summed E-state index contributed by atoms with van der Waals surface area (Å²) in [7, 11) is 3.21. The van der Waals surface area contributed by atoms with Crippen molar-refractivity contribution in [2.45, 2.75) is 6.54 Å². The van der Waals surface area contributed by atoms with Crippen LogP contribution < -0.4 is 4.74 Å². The smallest absolute Gasteiger partial charge is 0.338 e. The molecule has 0 heterocycles. The molecule has 3 aromatic rings. The lowest BCUT2D eigenvalue weighted by Gasteiger charge is -2.17. The molecule has 0 saturated heterocycles. The third-order valence-electron chi connectivity index (χ3n) is 4.66. The summed E-state index contributed by atoms with van der Waals surface area (Å²) in [6.07, 6.45) is 0. The van der Waals surface area contributed by atoms with E-state index in [9.17, 15) is 19.7 Å². The van der Waals surface area contributed by atoms with Crippen LogP contribution in [0.3, 0.4) is 0 Å². The largest absolute Gasteiger partial charge is 0.497 e. The zero-order chi connectivity index (χ0) is 22.5. The molecule has 0 aliphatic carbocycles. The predicted octanol–water partition coefficient (Wildman–Crippen LogP) is 4.23. The number of carbonyl (C=O) groups is 2. The molecule has 0 aromatic heterocycles. The third-order valence-corrected chi connectivity index (χ3v) is 4.98. The second kappa shape index (κ2) is 9.44. The minimum absolute atomic E-state index is 0.0588. The Kier molecular flexibility index (Phi) is 6.71. The van der Waals surface area contributed by atoms with Gasteiger partial charge < -0.3 is 14.4 Å². The summed E-state index contributed by atoms with van der Waals surface area (Å²) < 4.78 is 10.2. The van der Waals surface area contributed by atoms with Gasteiger partial charge in [-0.05, 0) is 46.7 Å². The number of nitro benzene ring substituents is 1. The number of halogens is 1. The van der Waals surface area contributed by atoms with Gasteiger partial charge in [-0.2, -0.15) is 0 Å². The number of fused-ring (bicyclic) bond motifs is 1. The minimum Gasteiger partial charge on any atom is -0.497 e. The first-order valence-corrected chi connectivity index (χ1v) is 9.58. The van der Waals surface area contributed by atoms with E-state index in [0.717, 1.165) is 28.2 Å². The van der Waals surface area contributed by atoms with Crippen molar-refractivity contribution in [3.63, 3.8) is 0 Å². The highest BCUT2D eigenvalue weighted by atomic mass is 35.5. The van der Waals surface area contributed by atoms with Crippen molar-refractivity contribution in [3.05, 3.63) is 80.9 Å². The Hall–Kier alpha value is -3.65. The average Bonchev–Trinajstić information content (AvgIpc) is 2.76. The van der Waals surface area contributed by atoms with Crippen LogP contribution in [0.25, 0.3) is 10.8 Å². The quantitative estimate of drug-likeness (QED) is 0.308. The van der Waals surface area contributed by atoms with Crippen molar-refractivity contribution in [2.24, 2.45) is 0 Å². The average molecular weight is 443 g/mol. The highest BCUT2D eigenvalue weighted by Crippen LogP contribution is 2.25. The van der Waals surface area contributed by atoms with E-state index in [1.807, 2.05) is 36.4 Å². The molecule has 0 fully saturated rings. The van der Waals surface area contributed by atoms with Gasteiger partial charge in [-0.1, -0.05) is 29.8 Å². The van der Waals surface area contributed by atoms with Crippen molar-refractivity contribution in [2.75, 3.05) is 20.8 Å². The van der Waals surface area contributed by atoms with E-state index in [0.29, 0.717) is 6.54 Å². The van der Waals surface area contributed by atoms with Crippen LogP contribution in [0.1, 0.15) is 15.9 Å². The van der Waals surface area contributed by atoms with E-state index in [1.54, 1.807) is 14.2 Å². The monoisotopic (exact) mass is 442 g/mol. The fourth-order valence-corrected chi connectivity index (χ4v) is 3.15. The predicted molar refractivity (Wildman–Crippen MR) is 115 cm³/mol. The van der Waals surface area contributed by atoms with Crippen molar-refractivity contribution in [3.8, 4) is 5.75 Å². The Bertz CT molecular complexity index is 1160. The Balaban J connectivity index is 1.60. The minimum atomic E-state index is -0.846. The van der Waals surface area contributed by atoms with Crippen LogP contribution in [-0.4, -0.2) is 42.5 Å². The molecule has 1 amide bonds. The van der Waals surface area contributed by atoms with Crippen molar-refractivity contribution >= 4 is 39.9 Å². The second-order valence-electron chi connectivity index (χ2n) is 6.80. The molecule has 9 heteroatoms. The number of rotatable bonds is 7. The van der Waals surface area contributed by atoms with E-state index in [-0.39, 0.29) is 10.6 Å². The topological polar surface area (TPSA) is 99.0 Å². The van der Waals surface area contributed by atoms with E-state index in [4.69, 9.17) is 21.1 Å². The van der Waals surface area contributed by atoms with Crippen LogP contribution >= 0.6 is 11.6 Å². The Morgan fingerprint density at radius 2 is 1.77 bits per heavy atom. The first-order chi connectivity index (χ1) is 14.8. The SMILES string of the molecule is COc1ccc2cc(CN(C)C(=O)COC(=O)c3ccc(Cl)c([N+](=O)[O-])c3)ccc2c1. The fraction of sp³-hybridized carbons (Fsp3) is 0.182. The fourth-order valence-electron chi connectivity index (χ4n) is 2.96. The molecule has 3 rings (SSSR count). The lowest BCUT2D eigenvalue weighted by Crippen LogP contribution is -2.30. The maximum atomic E-state index is 12.4. The van der Waals surface area contributed by atoms with Gasteiger partial charge in [0.25, 0.3) is 11.6 Å². The molecule has 0 atom stereocenters. The van der Waals surface area contributed by atoms with Gasteiger partial charge in [0.2, 0.25) is 0 Å². The number of amides is 1. The zero-order valence-electron chi connectivity index (χ0n) is 16.8. The molecule has 8 nitrogen and oxygen atoms in total. The summed E-state index contributed by atoms with van der Waals surface area (Å²) in [5.41, 5.74) is 0.443. The molecule has 31 heavy (non-hydrogen) atoms. The number of esters is 1. The number of ether oxygens (including phenoxy) is 2. The molecule has 0 bridgehead atoms. The first-order valence-electron chi connectivity index (χ1n) is 9.20. The van der Waals surface area contributed by atoms with Gasteiger partial charge in [0.15, 0.2) is 6.61 Å². The van der Waals surface area contributed by atoms with Crippen LogP contribution in [0.2, 0.25) is 5.02 Å². The summed E-state index contributed by atoms with van der Waals surface area (Å²) in [6.45, 7) is -0.165. The van der Waals surface area contributed by atoms with Gasteiger partial charge in [0, 0.05) is 19.7 Å². The molecule has 0 saturated carbocycles. The summed E-state index contributed by atoms with van der Waals surface area (Å²) >= 11 is 5.73. The summed E-state index contributed by atoms with van der Waals surface area (Å²) in [6, 6.07) is 15.1. The van der Waals surface area contributed by atoms with Crippen LogP contribution in [0.5, 0.6) is 5.75 Å². The lowest BCUT2D eigenvalue weighted by atomic mass is 10.1. The molecule has 0 radical (unpaired) electrons. The van der Waals surface area contributed by atoms with Crippen LogP contribution in [0.4, 0.5) is 5.69 Å². The maximum Gasteiger partial charge on any atom is 0.338 e. The van der Waals surface area contributed by atoms with Gasteiger partial charge in [0.1, 0.15) is 10.8 Å². The van der Waals surface area contributed by atoms with E-state index < -0.39 is 29.1 Å². The van der Waals surface area contributed by atoms with Crippen LogP contribution in [0.15, 0.2) is 54.6 Å². The Morgan fingerprint density at radius 3 is 2.48 bits per heavy atom. The Labute approximate surface area is 183 Å². The van der Waals surface area contributed by atoms with Crippen LogP contribution in [-0.2, 0) is 16.1 Å². The molecule has 0 N–H and O–H groups in total. The van der Waals surface area contributed by atoms with Crippen molar-refractivity contribution in [1.29, 1.82) is 0 Å². The number of hydrogen-bond acceptors (Lipinski definition) is 6. The van der Waals surface area contributed by atoms with E-state index >= 15 is 0 Å². The normalized spacial score (nSPS) is 10.5. The van der Waals surface area contributed by atoms with E-state index in [2.05, 4.69) is 0 Å². The molecular weight excluding hydrogens is 424 g/mol. The number of hydrogen-bond donors (Lipinski definition) is 0. The highest BCUT2D eigenvalue weighted by Gasteiger charge is 2.19. The van der Waals surface area contributed by atoms with Crippen molar-refractivity contribution in [1.82, 2.24) is 4.90 Å². The molecule has 160 valence electrons. The first kappa shape index (κ1) is 22.0. The summed E-state index contributed by atoms with van der Waals surface area (Å²) in [5, 5.41) is 12.9. The third kappa shape index (κ3) is 5.29. The lowest BCUT2D eigenvalue weighted by molar-refractivity contribution is -0.384. The summed E-state index contributed by atoms with van der Waals surface area (Å²) in [4.78, 5) is 36.2. The van der Waals surface area contributed by atoms with Gasteiger partial charge >= 0.3 is 5.97 Å². The number of likely N-dealkylation sites (N-methyl/N-ethyl adjacent to an activating group) is 1. The number of methoxy groups -OCH3 is 1. The zero-order valence-corrected chi connectivity index (χ0v) is 17.6. The maximum absolute atomic E-state index is 12.4. The summed E-state index contributed by atoms with van der Waals surface area (Å²) in [5.74, 6) is -0.492. The standard InChI is InChI=1S/C22H19ClN2O6/c1-24(12-14-3-4-16-10-18(30-2)7-5-15(16)9-14)21(26)13-31-22(27)17-6-8-19(23)20(11-17)25(28)29/h3-11H,12-13H2,1-2H3. The van der Waals surface area contributed by atoms with Gasteiger partial charge in [-0.25, -0.2) is 4.79 Å². The molecular formula is C22H19ClN2O6. The number of nitrogens with zero attached hydrogens (tertiary/aromatic N) is 2. The molecule has 3 aromatic carbocycles. The molecule has 0 spiro atoms. The number of benzene rings is 3. The van der Waals surface area contributed by atoms with Crippen LogP contribution in [0, 0.1) is 10.1 Å². The van der Waals surface area contributed by atoms with Crippen molar-refractivity contribution < 1.29 is 24.0 Å². The number of nitro groups is 1. The molecule has 0 unspecified atom stereocenters. The number of carbonyl (C=O) groups excluding carboxylic acids is 2.